The Morgan fingerprint density at radius 2 is 1.97 bits per heavy atom. The summed E-state index contributed by atoms with van der Waals surface area (Å²) in [5.41, 5.74) is 7.59. The summed E-state index contributed by atoms with van der Waals surface area (Å²) >= 11 is 1.59. The third-order valence-corrected chi connectivity index (χ3v) is 7.06. The third kappa shape index (κ3) is 7.63. The van der Waals surface area contributed by atoms with Crippen LogP contribution in [-0.2, 0) is 4.74 Å². The molecule has 0 radical (unpaired) electrons. The first kappa shape index (κ1) is 27.4. The minimum atomic E-state index is -0.755. The smallest absolute Gasteiger partial charge is 0.191 e. The minimum Gasteiger partial charge on any atom is -0.394 e. The largest absolute Gasteiger partial charge is 0.394 e. The summed E-state index contributed by atoms with van der Waals surface area (Å²) in [6, 6.07) is 4.27. The standard InChI is InChI=1S/C15H28N6O2S.C9H8F2/c1-3-8-24-15-19-13(18-2)12(16)14(20-15)21(17)10-4-5-11(9-10)23-7-6-22;10-8-4-3-7(5-9(8)11)6-1-2-6/h10-11,22H,3-9,16-17H2,1-2H3,(H,18,19,20);3-6H,1-2H2. The molecule has 1 aromatic heterocycles. The number of nitrogens with two attached hydrogens (primary N) is 2. The summed E-state index contributed by atoms with van der Waals surface area (Å²) in [4.78, 5) is 8.99. The molecule has 2 atom stereocenters. The molecule has 35 heavy (non-hydrogen) atoms. The molecule has 2 aliphatic rings. The highest BCUT2D eigenvalue weighted by Gasteiger charge is 2.31. The number of anilines is 3. The molecule has 6 N–H and O–H groups in total. The molecule has 194 valence electrons. The Kier molecular flexibility index (Phi) is 10.3. The van der Waals surface area contributed by atoms with Gasteiger partial charge in [-0.05, 0) is 62.1 Å². The molecule has 1 heterocycles. The summed E-state index contributed by atoms with van der Waals surface area (Å²) in [6.07, 6.45) is 6.01. The highest BCUT2D eigenvalue weighted by molar-refractivity contribution is 7.99. The van der Waals surface area contributed by atoms with Gasteiger partial charge in [-0.3, -0.25) is 5.01 Å². The van der Waals surface area contributed by atoms with Gasteiger partial charge in [0.05, 0.1) is 19.3 Å². The number of nitrogens with one attached hydrogen (secondary N) is 1. The van der Waals surface area contributed by atoms with Crippen molar-refractivity contribution in [1.82, 2.24) is 9.97 Å². The molecule has 11 heteroatoms. The number of hydrazine groups is 1. The first-order valence-electron chi connectivity index (χ1n) is 12.1. The molecule has 2 aliphatic carbocycles. The third-order valence-electron chi connectivity index (χ3n) is 6.01. The van der Waals surface area contributed by atoms with Gasteiger partial charge in [-0.1, -0.05) is 24.8 Å². The van der Waals surface area contributed by atoms with Crippen LogP contribution in [0.15, 0.2) is 23.4 Å². The van der Waals surface area contributed by atoms with Crippen LogP contribution in [0, 0.1) is 11.6 Å². The molecule has 2 aromatic rings. The van der Waals surface area contributed by atoms with Crippen LogP contribution in [0.2, 0.25) is 0 Å². The predicted octanol–water partition coefficient (Wildman–Crippen LogP) is 4.05. The van der Waals surface area contributed by atoms with Crippen LogP contribution in [0.1, 0.15) is 56.9 Å². The Bertz CT molecular complexity index is 966. The molecule has 0 aliphatic heterocycles. The molecule has 0 bridgehead atoms. The van der Waals surface area contributed by atoms with E-state index in [2.05, 4.69) is 22.2 Å². The van der Waals surface area contributed by atoms with E-state index in [0.29, 0.717) is 35.0 Å². The highest BCUT2D eigenvalue weighted by Crippen LogP contribution is 2.40. The fourth-order valence-electron chi connectivity index (χ4n) is 3.98. The van der Waals surface area contributed by atoms with Crippen LogP contribution in [0.3, 0.4) is 0 Å². The number of benzene rings is 1. The second-order valence-corrected chi connectivity index (χ2v) is 9.79. The van der Waals surface area contributed by atoms with Crippen LogP contribution in [0.5, 0.6) is 0 Å². The number of nitrogens with zero attached hydrogens (tertiary/aromatic N) is 3. The summed E-state index contributed by atoms with van der Waals surface area (Å²) in [5.74, 6) is 7.44. The van der Waals surface area contributed by atoms with Crippen LogP contribution in [0.4, 0.5) is 26.1 Å². The lowest BCUT2D eigenvalue weighted by molar-refractivity contribution is 0.0322. The molecule has 2 fully saturated rings. The van der Waals surface area contributed by atoms with E-state index in [0.717, 1.165) is 49.8 Å². The molecule has 0 spiro atoms. The molecular weight excluding hydrogens is 474 g/mol. The Labute approximate surface area is 209 Å². The SMILES string of the molecule is CCCSc1nc(NC)c(N)c(N(N)C2CCC(OCCO)C2)n1.Fc1ccc(C2CC2)cc1F. The van der Waals surface area contributed by atoms with Crippen molar-refractivity contribution in [3.05, 3.63) is 35.4 Å². The summed E-state index contributed by atoms with van der Waals surface area (Å²) < 4.78 is 30.6. The molecule has 2 unspecified atom stereocenters. The van der Waals surface area contributed by atoms with Crippen molar-refractivity contribution in [3.8, 4) is 0 Å². The van der Waals surface area contributed by atoms with Crippen molar-refractivity contribution in [3.63, 3.8) is 0 Å². The minimum absolute atomic E-state index is 0.0376. The molecule has 4 rings (SSSR count). The van der Waals surface area contributed by atoms with Crippen LogP contribution < -0.4 is 21.9 Å². The lowest BCUT2D eigenvalue weighted by Crippen LogP contribution is -2.41. The van der Waals surface area contributed by atoms with E-state index in [1.165, 1.54) is 12.1 Å². The zero-order valence-corrected chi connectivity index (χ0v) is 21.2. The van der Waals surface area contributed by atoms with Crippen molar-refractivity contribution in [2.75, 3.05) is 42.1 Å². The summed E-state index contributed by atoms with van der Waals surface area (Å²) in [7, 11) is 1.78. The fourth-order valence-corrected chi connectivity index (χ4v) is 4.67. The predicted molar refractivity (Wildman–Crippen MR) is 136 cm³/mol. The summed E-state index contributed by atoms with van der Waals surface area (Å²) in [6.45, 7) is 2.51. The quantitative estimate of drug-likeness (QED) is 0.162. The number of aliphatic hydroxyl groups excluding tert-OH is 1. The van der Waals surface area contributed by atoms with E-state index in [-0.39, 0.29) is 18.8 Å². The Hall–Kier alpha value is -2.21. The van der Waals surface area contributed by atoms with Crippen LogP contribution in [0.25, 0.3) is 0 Å². The topological polar surface area (TPSA) is 123 Å². The van der Waals surface area contributed by atoms with Gasteiger partial charge in [0.1, 0.15) is 5.69 Å². The number of thioether (sulfide) groups is 1. The molecular formula is C24H36F2N6O2S. The van der Waals surface area contributed by atoms with Gasteiger partial charge in [0.25, 0.3) is 0 Å². The maximum Gasteiger partial charge on any atom is 0.191 e. The first-order chi connectivity index (χ1) is 16.9. The average molecular weight is 511 g/mol. The van der Waals surface area contributed by atoms with Gasteiger partial charge < -0.3 is 20.9 Å². The number of halogens is 2. The van der Waals surface area contributed by atoms with Crippen molar-refractivity contribution in [1.29, 1.82) is 0 Å². The van der Waals surface area contributed by atoms with Crippen molar-refractivity contribution in [2.45, 2.75) is 68.7 Å². The number of hydrogen-bond acceptors (Lipinski definition) is 9. The first-order valence-corrected chi connectivity index (χ1v) is 13.1. The van der Waals surface area contributed by atoms with Crippen molar-refractivity contribution >= 4 is 29.1 Å². The summed E-state index contributed by atoms with van der Waals surface area (Å²) in [5, 5.41) is 14.2. The molecule has 1 aromatic carbocycles. The maximum absolute atomic E-state index is 12.6. The zero-order valence-electron chi connectivity index (χ0n) is 20.3. The molecule has 8 nitrogen and oxygen atoms in total. The molecule has 2 saturated carbocycles. The van der Waals surface area contributed by atoms with E-state index in [4.69, 9.17) is 21.4 Å². The Morgan fingerprint density at radius 3 is 2.60 bits per heavy atom. The lowest BCUT2D eigenvalue weighted by atomic mass is 10.1. The Morgan fingerprint density at radius 1 is 1.20 bits per heavy atom. The van der Waals surface area contributed by atoms with E-state index in [1.54, 1.807) is 29.9 Å². The number of ether oxygens (including phenoxy) is 1. The second-order valence-electron chi connectivity index (χ2n) is 8.73. The van der Waals surface area contributed by atoms with Gasteiger partial charge in [0.15, 0.2) is 28.4 Å². The van der Waals surface area contributed by atoms with Gasteiger partial charge in [0, 0.05) is 18.8 Å². The van der Waals surface area contributed by atoms with Crippen molar-refractivity contribution in [2.24, 2.45) is 5.84 Å². The molecule has 0 amide bonds. The van der Waals surface area contributed by atoms with Crippen LogP contribution >= 0.6 is 11.8 Å². The lowest BCUT2D eigenvalue weighted by Gasteiger charge is -2.27. The fraction of sp³-hybridized carbons (Fsp3) is 0.583. The van der Waals surface area contributed by atoms with E-state index >= 15 is 0 Å². The zero-order chi connectivity index (χ0) is 25.4. The number of rotatable bonds is 10. The number of aromatic nitrogens is 2. The van der Waals surface area contributed by atoms with Gasteiger partial charge in [0.2, 0.25) is 0 Å². The van der Waals surface area contributed by atoms with Gasteiger partial charge in [-0.15, -0.1) is 0 Å². The van der Waals surface area contributed by atoms with E-state index in [1.807, 2.05) is 0 Å². The molecule has 0 saturated heterocycles. The Balaban J connectivity index is 0.000000256. The van der Waals surface area contributed by atoms with E-state index < -0.39 is 11.6 Å². The monoisotopic (exact) mass is 510 g/mol. The number of nitrogen functional groups attached to an aromatic ring is 1. The normalized spacial score (nSPS) is 19.3. The van der Waals surface area contributed by atoms with Crippen molar-refractivity contribution < 1.29 is 18.6 Å². The highest BCUT2D eigenvalue weighted by atomic mass is 32.2. The second kappa shape index (κ2) is 13.2. The number of hydrogen-bond donors (Lipinski definition) is 4. The van der Waals surface area contributed by atoms with Gasteiger partial charge in [-0.2, -0.15) is 0 Å². The maximum atomic E-state index is 12.6. The van der Waals surface area contributed by atoms with E-state index in [9.17, 15) is 8.78 Å². The average Bonchev–Trinajstić information content (AvgIpc) is 3.61. The van der Waals surface area contributed by atoms with Crippen LogP contribution in [-0.4, -0.2) is 53.2 Å². The van der Waals surface area contributed by atoms with Gasteiger partial charge in [-0.25, -0.2) is 24.6 Å². The van der Waals surface area contributed by atoms with Gasteiger partial charge >= 0.3 is 0 Å². The number of aliphatic hydroxyl groups is 1.